The summed E-state index contributed by atoms with van der Waals surface area (Å²) < 4.78 is 21.1. The maximum Gasteiger partial charge on any atom is 0.222 e. The number of unbranched alkanes of at least 4 members (excludes halogenated alkanes) is 1. The molecular weight excluding hydrogens is 304 g/mol. The molecule has 3 N–H and O–H groups in total. The highest BCUT2D eigenvalue weighted by Crippen LogP contribution is 1.87. The summed E-state index contributed by atoms with van der Waals surface area (Å²) in [6, 6.07) is 0. The van der Waals surface area contributed by atoms with Crippen molar-refractivity contribution in [2.24, 2.45) is 5.90 Å². The average Bonchev–Trinajstić information content (AvgIpc) is 2.55. The lowest BCUT2D eigenvalue weighted by Gasteiger charge is -2.07. The monoisotopic (exact) mass is 336 g/mol. The Kier molecular flexibility index (Phi) is 18.6. The van der Waals surface area contributed by atoms with Crippen molar-refractivity contribution in [1.82, 2.24) is 5.32 Å². The average molecular weight is 336 g/mol. The maximum atomic E-state index is 11.4. The summed E-state index contributed by atoms with van der Waals surface area (Å²) in [6.07, 6.45) is 2.48. The van der Waals surface area contributed by atoms with Crippen LogP contribution in [-0.4, -0.2) is 71.9 Å². The van der Waals surface area contributed by atoms with Gasteiger partial charge in [0.1, 0.15) is 0 Å². The van der Waals surface area contributed by atoms with Gasteiger partial charge in [-0.25, -0.2) is 5.90 Å². The molecule has 8 heteroatoms. The fraction of sp³-hybridized carbons (Fsp3) is 0.933. The van der Waals surface area contributed by atoms with Crippen LogP contribution in [0.1, 0.15) is 26.2 Å². The molecule has 1 amide bonds. The van der Waals surface area contributed by atoms with Crippen LogP contribution in [0.2, 0.25) is 0 Å². The minimum atomic E-state index is 0.0352. The van der Waals surface area contributed by atoms with Crippen molar-refractivity contribution in [2.45, 2.75) is 26.2 Å². The molecule has 23 heavy (non-hydrogen) atoms. The standard InChI is InChI=1S/C15H32N2O6/c1-2-3-5-17-15(18)4-6-19-7-8-20-9-10-21-11-12-22-13-14-23-16/h2-14,16H2,1H3,(H,17,18). The van der Waals surface area contributed by atoms with E-state index in [-0.39, 0.29) is 5.91 Å². The quantitative estimate of drug-likeness (QED) is 0.273. The molecule has 0 aromatic carbocycles. The summed E-state index contributed by atoms with van der Waals surface area (Å²) in [4.78, 5) is 15.7. The molecule has 0 radical (unpaired) electrons. The first-order valence-electron chi connectivity index (χ1n) is 8.20. The van der Waals surface area contributed by atoms with Crippen molar-refractivity contribution in [3.63, 3.8) is 0 Å². The zero-order chi connectivity index (χ0) is 17.0. The van der Waals surface area contributed by atoms with Crippen LogP contribution in [0.3, 0.4) is 0 Å². The van der Waals surface area contributed by atoms with Crippen molar-refractivity contribution in [3.05, 3.63) is 0 Å². The number of amides is 1. The van der Waals surface area contributed by atoms with E-state index in [4.69, 9.17) is 24.8 Å². The predicted octanol–water partition coefficient (Wildman–Crippen LogP) is 0.250. The number of carbonyl (C=O) groups is 1. The molecule has 0 aliphatic carbocycles. The topological polar surface area (TPSA) is 101 Å². The Bertz CT molecular complexity index is 256. The number of nitrogens with one attached hydrogen (secondary N) is 1. The van der Waals surface area contributed by atoms with Crippen LogP contribution in [0, 0.1) is 0 Å². The van der Waals surface area contributed by atoms with Crippen molar-refractivity contribution in [3.8, 4) is 0 Å². The predicted molar refractivity (Wildman–Crippen MR) is 86.0 cm³/mol. The van der Waals surface area contributed by atoms with Crippen molar-refractivity contribution in [2.75, 3.05) is 66.0 Å². The van der Waals surface area contributed by atoms with Gasteiger partial charge < -0.3 is 29.1 Å². The molecule has 0 aliphatic heterocycles. The molecule has 0 fully saturated rings. The fourth-order valence-electron chi connectivity index (χ4n) is 1.53. The summed E-state index contributed by atoms with van der Waals surface area (Å²) in [6.45, 7) is 7.09. The Morgan fingerprint density at radius 2 is 1.30 bits per heavy atom. The van der Waals surface area contributed by atoms with Gasteiger partial charge in [-0.1, -0.05) is 13.3 Å². The Balaban J connectivity index is 3.06. The molecule has 0 aromatic heterocycles. The molecule has 0 atom stereocenters. The summed E-state index contributed by atoms with van der Waals surface area (Å²) >= 11 is 0. The SMILES string of the molecule is CCCCNC(=O)CCOCCOCCOCCOCCON. The van der Waals surface area contributed by atoms with Gasteiger partial charge in [-0.3, -0.25) is 4.79 Å². The minimum absolute atomic E-state index is 0.0352. The molecule has 0 rings (SSSR count). The van der Waals surface area contributed by atoms with Gasteiger partial charge in [0.15, 0.2) is 0 Å². The second-order valence-corrected chi connectivity index (χ2v) is 4.77. The molecule has 0 saturated heterocycles. The van der Waals surface area contributed by atoms with Crippen molar-refractivity contribution < 1.29 is 28.6 Å². The van der Waals surface area contributed by atoms with E-state index in [0.29, 0.717) is 65.9 Å². The third-order valence-electron chi connectivity index (χ3n) is 2.79. The van der Waals surface area contributed by atoms with E-state index >= 15 is 0 Å². The summed E-state index contributed by atoms with van der Waals surface area (Å²) in [5.41, 5.74) is 0. The third-order valence-corrected chi connectivity index (χ3v) is 2.79. The largest absolute Gasteiger partial charge is 0.379 e. The molecule has 0 aromatic rings. The zero-order valence-corrected chi connectivity index (χ0v) is 14.2. The smallest absolute Gasteiger partial charge is 0.222 e. The molecule has 0 heterocycles. The normalized spacial score (nSPS) is 10.9. The number of rotatable bonds is 18. The summed E-state index contributed by atoms with van der Waals surface area (Å²) in [5.74, 6) is 4.88. The number of hydrogen-bond donors (Lipinski definition) is 2. The van der Waals surface area contributed by atoms with Crippen LogP contribution in [0.4, 0.5) is 0 Å². The van der Waals surface area contributed by atoms with Crippen molar-refractivity contribution in [1.29, 1.82) is 0 Å². The molecule has 138 valence electrons. The van der Waals surface area contributed by atoms with Gasteiger partial charge in [0.05, 0.1) is 59.5 Å². The van der Waals surface area contributed by atoms with Gasteiger partial charge in [-0.2, -0.15) is 0 Å². The lowest BCUT2D eigenvalue weighted by molar-refractivity contribution is -0.122. The van der Waals surface area contributed by atoms with Gasteiger partial charge in [0, 0.05) is 13.0 Å². The molecular formula is C15H32N2O6. The molecule has 0 spiro atoms. The molecule has 0 aliphatic rings. The third kappa shape index (κ3) is 19.2. The van der Waals surface area contributed by atoms with E-state index in [1.807, 2.05) is 0 Å². The van der Waals surface area contributed by atoms with E-state index in [9.17, 15) is 4.79 Å². The second kappa shape index (κ2) is 19.3. The Morgan fingerprint density at radius 3 is 1.78 bits per heavy atom. The maximum absolute atomic E-state index is 11.4. The number of ether oxygens (including phenoxy) is 4. The Morgan fingerprint density at radius 1 is 0.826 bits per heavy atom. The van der Waals surface area contributed by atoms with E-state index in [1.54, 1.807) is 0 Å². The number of nitrogens with two attached hydrogens (primary N) is 1. The van der Waals surface area contributed by atoms with Gasteiger partial charge in [0.2, 0.25) is 5.91 Å². The Labute approximate surface area is 138 Å². The molecule has 0 unspecified atom stereocenters. The van der Waals surface area contributed by atoms with E-state index in [0.717, 1.165) is 19.4 Å². The van der Waals surface area contributed by atoms with Gasteiger partial charge in [0.25, 0.3) is 0 Å². The number of carbonyl (C=O) groups excluding carboxylic acids is 1. The first-order valence-corrected chi connectivity index (χ1v) is 8.20. The van der Waals surface area contributed by atoms with Crippen molar-refractivity contribution >= 4 is 5.91 Å². The molecule has 8 nitrogen and oxygen atoms in total. The van der Waals surface area contributed by atoms with Gasteiger partial charge >= 0.3 is 0 Å². The Hall–Kier alpha value is -0.770. The first-order chi connectivity index (χ1) is 11.3. The molecule has 0 bridgehead atoms. The second-order valence-electron chi connectivity index (χ2n) is 4.77. The highest BCUT2D eigenvalue weighted by molar-refractivity contribution is 5.75. The fourth-order valence-corrected chi connectivity index (χ4v) is 1.53. The first kappa shape index (κ1) is 22.2. The summed E-state index contributed by atoms with van der Waals surface area (Å²) in [7, 11) is 0. The van der Waals surface area contributed by atoms with E-state index in [1.165, 1.54) is 0 Å². The molecule has 0 saturated carbocycles. The van der Waals surface area contributed by atoms with Crippen LogP contribution >= 0.6 is 0 Å². The zero-order valence-electron chi connectivity index (χ0n) is 14.2. The van der Waals surface area contributed by atoms with Crippen LogP contribution in [0.5, 0.6) is 0 Å². The lowest BCUT2D eigenvalue weighted by Crippen LogP contribution is -2.25. The van der Waals surface area contributed by atoms with Crippen LogP contribution in [0.15, 0.2) is 0 Å². The van der Waals surface area contributed by atoms with E-state index < -0.39 is 0 Å². The van der Waals surface area contributed by atoms with Gasteiger partial charge in [-0.15, -0.1) is 0 Å². The lowest BCUT2D eigenvalue weighted by atomic mass is 10.3. The highest BCUT2D eigenvalue weighted by atomic mass is 16.6. The minimum Gasteiger partial charge on any atom is -0.379 e. The van der Waals surface area contributed by atoms with E-state index in [2.05, 4.69) is 17.1 Å². The van der Waals surface area contributed by atoms with Gasteiger partial charge in [-0.05, 0) is 6.42 Å². The summed E-state index contributed by atoms with van der Waals surface area (Å²) in [5, 5.41) is 2.84. The van der Waals surface area contributed by atoms with Crippen LogP contribution in [-0.2, 0) is 28.6 Å². The van der Waals surface area contributed by atoms with Crippen LogP contribution in [0.25, 0.3) is 0 Å². The van der Waals surface area contributed by atoms with Crippen LogP contribution < -0.4 is 11.2 Å². The highest BCUT2D eigenvalue weighted by Gasteiger charge is 1.99. The number of hydrogen-bond acceptors (Lipinski definition) is 7.